The van der Waals surface area contributed by atoms with E-state index in [1.807, 2.05) is 18.2 Å². The molecule has 4 heteroatoms. The van der Waals surface area contributed by atoms with Crippen LogP contribution in [0.1, 0.15) is 0 Å². The van der Waals surface area contributed by atoms with Gasteiger partial charge in [0.1, 0.15) is 0 Å². The normalized spacial score (nSPS) is 6.00. The molecule has 0 fully saturated rings. The van der Waals surface area contributed by atoms with E-state index in [0.717, 1.165) is 0 Å². The summed E-state index contributed by atoms with van der Waals surface area (Å²) in [6, 6.07) is 5.72. The zero-order valence-corrected chi connectivity index (χ0v) is 6.33. The summed E-state index contributed by atoms with van der Waals surface area (Å²) in [6.45, 7) is 0. The Bertz CT molecular complexity index is 88.9. The molecule has 0 aliphatic carbocycles. The summed E-state index contributed by atoms with van der Waals surface area (Å²) < 4.78 is 7.94. The zero-order valence-electron chi connectivity index (χ0n) is 4.49. The standard InChI is InChI=1S/C5H5N.Cu.HOS/c1-2-4-6-5-3-1;;1-2/h1-5H;;2H. The predicted molar refractivity (Wildman–Crippen MR) is 33.9 cm³/mol. The van der Waals surface area contributed by atoms with Crippen LogP contribution in [0.5, 0.6) is 0 Å². The predicted octanol–water partition coefficient (Wildman–Crippen LogP) is 1.34. The van der Waals surface area contributed by atoms with Crippen molar-refractivity contribution in [1.82, 2.24) is 4.98 Å². The maximum absolute atomic E-state index is 7.94. The first-order chi connectivity index (χ1) is 4.00. The number of rotatable bonds is 0. The fourth-order valence-electron chi connectivity index (χ4n) is 0.313. The Morgan fingerprint density at radius 3 is 1.56 bits per heavy atom. The molecule has 2 radical (unpaired) electrons. The van der Waals surface area contributed by atoms with E-state index in [1.165, 1.54) is 0 Å². The Morgan fingerprint density at radius 1 is 1.00 bits per heavy atom. The van der Waals surface area contributed by atoms with Gasteiger partial charge in [0.2, 0.25) is 0 Å². The number of aromatic nitrogens is 1. The van der Waals surface area contributed by atoms with E-state index in [2.05, 4.69) is 17.9 Å². The maximum Gasteiger partial charge on any atom is 0.0267 e. The smallest absolute Gasteiger partial charge is 0.0267 e. The minimum absolute atomic E-state index is 0. The van der Waals surface area contributed by atoms with Crippen LogP contribution in [-0.2, 0) is 21.6 Å². The summed E-state index contributed by atoms with van der Waals surface area (Å²) in [5.41, 5.74) is 0. The Kier molecular flexibility index (Phi) is 14.2. The molecule has 0 saturated heterocycles. The van der Waals surface area contributed by atoms with Crippen LogP contribution < -0.4 is 0 Å². The van der Waals surface area contributed by atoms with Crippen LogP contribution in [0.15, 0.2) is 30.6 Å². The molecule has 0 amide bonds. The molecular formula is C5H6CuNOS. The average Bonchev–Trinajstić information content (AvgIpc) is 1.96. The number of pyridine rings is 1. The van der Waals surface area contributed by atoms with Crippen molar-refractivity contribution in [2.75, 3.05) is 0 Å². The fourth-order valence-corrected chi connectivity index (χ4v) is 0.313. The summed E-state index contributed by atoms with van der Waals surface area (Å²) in [5.74, 6) is 0. The number of hydrogen-bond donors (Lipinski definition) is 1. The van der Waals surface area contributed by atoms with E-state index in [-0.39, 0.29) is 17.1 Å². The third-order valence-corrected chi connectivity index (χ3v) is 0.566. The topological polar surface area (TPSA) is 32.8 Å². The summed E-state index contributed by atoms with van der Waals surface area (Å²) in [7, 11) is 0. The van der Waals surface area contributed by atoms with Gasteiger partial charge in [0.15, 0.2) is 0 Å². The summed E-state index contributed by atoms with van der Waals surface area (Å²) >= 11 is 2.28. The van der Waals surface area contributed by atoms with Crippen LogP contribution in [0, 0.1) is 0 Å². The minimum atomic E-state index is 0. The molecule has 1 rings (SSSR count). The largest absolute Gasteiger partial charge is 0.265 e. The van der Waals surface area contributed by atoms with Crippen molar-refractivity contribution in [1.29, 1.82) is 0 Å². The van der Waals surface area contributed by atoms with Gasteiger partial charge in [-0.25, -0.2) is 0 Å². The quantitative estimate of drug-likeness (QED) is 0.375. The third kappa shape index (κ3) is 7.98. The Hall–Kier alpha value is -0.0205. The van der Waals surface area contributed by atoms with E-state index in [0.29, 0.717) is 0 Å². The fraction of sp³-hybridized carbons (Fsp3) is 0. The summed E-state index contributed by atoms with van der Waals surface area (Å²) in [5, 5.41) is 0. The first kappa shape index (κ1) is 11.7. The van der Waals surface area contributed by atoms with Crippen LogP contribution in [0.25, 0.3) is 0 Å². The Labute approximate surface area is 70.4 Å². The SMILES string of the molecule is [Cu].[O]S.c1ccncc1. The molecule has 54 valence electrons. The van der Waals surface area contributed by atoms with E-state index >= 15 is 0 Å². The molecule has 1 aromatic rings. The van der Waals surface area contributed by atoms with Crippen LogP contribution in [0.4, 0.5) is 0 Å². The van der Waals surface area contributed by atoms with E-state index in [9.17, 15) is 0 Å². The van der Waals surface area contributed by atoms with Crippen LogP contribution in [0.3, 0.4) is 0 Å². The Morgan fingerprint density at radius 2 is 1.44 bits per heavy atom. The van der Waals surface area contributed by atoms with Gasteiger partial charge in [-0.2, -0.15) is 4.55 Å². The number of thiol groups is 1. The van der Waals surface area contributed by atoms with Gasteiger partial charge in [-0.15, -0.1) is 0 Å². The molecule has 0 aromatic carbocycles. The molecule has 0 saturated carbocycles. The molecule has 0 atom stereocenters. The molecule has 0 bridgehead atoms. The van der Waals surface area contributed by atoms with Gasteiger partial charge >= 0.3 is 0 Å². The van der Waals surface area contributed by atoms with Gasteiger partial charge in [0.25, 0.3) is 0 Å². The molecule has 0 unspecified atom stereocenters. The van der Waals surface area contributed by atoms with Crippen molar-refractivity contribution >= 4 is 12.9 Å². The molecule has 0 spiro atoms. The molecule has 1 heterocycles. The first-order valence-electron chi connectivity index (χ1n) is 2.03. The van der Waals surface area contributed by atoms with E-state index < -0.39 is 0 Å². The van der Waals surface area contributed by atoms with Crippen molar-refractivity contribution in [2.45, 2.75) is 0 Å². The van der Waals surface area contributed by atoms with Crippen LogP contribution in [-0.4, -0.2) is 4.98 Å². The number of nitrogens with zero attached hydrogens (tertiary/aromatic N) is 1. The van der Waals surface area contributed by atoms with E-state index in [4.69, 9.17) is 4.55 Å². The third-order valence-electron chi connectivity index (χ3n) is 0.566. The van der Waals surface area contributed by atoms with E-state index in [1.54, 1.807) is 12.4 Å². The molecule has 2 nitrogen and oxygen atoms in total. The van der Waals surface area contributed by atoms with Gasteiger partial charge in [-0.1, -0.05) is 6.07 Å². The van der Waals surface area contributed by atoms with Gasteiger partial charge in [0, 0.05) is 42.4 Å². The zero-order chi connectivity index (χ0) is 6.24. The van der Waals surface area contributed by atoms with Crippen molar-refractivity contribution in [3.8, 4) is 0 Å². The molecule has 0 aliphatic rings. The second-order valence-corrected chi connectivity index (χ2v) is 1.02. The summed E-state index contributed by atoms with van der Waals surface area (Å²) in [6.07, 6.45) is 3.50. The molecule has 0 N–H and O–H groups in total. The van der Waals surface area contributed by atoms with Crippen molar-refractivity contribution in [3.63, 3.8) is 0 Å². The van der Waals surface area contributed by atoms with Gasteiger partial charge in [0.05, 0.1) is 0 Å². The van der Waals surface area contributed by atoms with Crippen molar-refractivity contribution < 1.29 is 21.6 Å². The second-order valence-electron chi connectivity index (χ2n) is 1.02. The average molecular weight is 192 g/mol. The van der Waals surface area contributed by atoms with Gasteiger partial charge < -0.3 is 0 Å². The van der Waals surface area contributed by atoms with Crippen molar-refractivity contribution in [2.24, 2.45) is 0 Å². The van der Waals surface area contributed by atoms with Gasteiger partial charge in [-0.3, -0.25) is 4.98 Å². The monoisotopic (exact) mass is 191 g/mol. The van der Waals surface area contributed by atoms with Gasteiger partial charge in [-0.05, 0) is 12.1 Å². The first-order valence-corrected chi connectivity index (χ1v) is 2.40. The minimum Gasteiger partial charge on any atom is -0.265 e. The maximum atomic E-state index is 7.94. The molecule has 1 aromatic heterocycles. The van der Waals surface area contributed by atoms with Crippen LogP contribution in [0.2, 0.25) is 0 Å². The number of hydrogen-bond acceptors (Lipinski definition) is 2. The van der Waals surface area contributed by atoms with Crippen LogP contribution >= 0.6 is 12.9 Å². The van der Waals surface area contributed by atoms with Crippen molar-refractivity contribution in [3.05, 3.63) is 30.6 Å². The Balaban J connectivity index is 0. The molecular weight excluding hydrogens is 186 g/mol. The molecule has 9 heavy (non-hydrogen) atoms. The molecule has 0 aliphatic heterocycles. The summed E-state index contributed by atoms with van der Waals surface area (Å²) in [4.78, 5) is 3.78. The second kappa shape index (κ2) is 10.9.